The number of hydrogen-bond donors (Lipinski definition) is 0. The fourth-order valence-corrected chi connectivity index (χ4v) is 17.3. The van der Waals surface area contributed by atoms with E-state index < -0.39 is 0 Å². The smallest absolute Gasteiger partial charge is 0.0542 e. The molecule has 0 spiro atoms. The number of aromatic nitrogens is 4. The predicted molar refractivity (Wildman–Crippen MR) is 517 cm³/mol. The highest BCUT2D eigenvalue weighted by atomic mass is 15.1. The second-order valence-corrected chi connectivity index (χ2v) is 32.3. The highest BCUT2D eigenvalue weighted by Gasteiger charge is 2.21. The van der Waals surface area contributed by atoms with Gasteiger partial charge in [-0.3, -0.25) is 0 Å². The molecule has 0 aliphatic rings. The van der Waals surface area contributed by atoms with Crippen molar-refractivity contribution in [1.29, 1.82) is 0 Å². The van der Waals surface area contributed by atoms with Crippen molar-refractivity contribution >= 4 is 133 Å². The van der Waals surface area contributed by atoms with Crippen molar-refractivity contribution < 1.29 is 0 Å². The molecule has 0 aliphatic carbocycles. The first-order valence-corrected chi connectivity index (χ1v) is 42.4. The lowest BCUT2D eigenvalue weighted by Crippen LogP contribution is -2.08. The number of nitrogens with zero attached hydrogens (tertiary/aromatic N) is 8. The Labute approximate surface area is 706 Å². The van der Waals surface area contributed by atoms with E-state index in [0.717, 1.165) is 25.7 Å². The maximum absolute atomic E-state index is 2.39. The van der Waals surface area contributed by atoms with E-state index in [-0.39, 0.29) is 0 Å². The first-order chi connectivity index (χ1) is 58.8. The predicted octanol–water partition coefficient (Wildman–Crippen LogP) is 30.0. The number of aryl methyl sites for hydroxylation is 2. The van der Waals surface area contributed by atoms with E-state index >= 15 is 0 Å². The molecule has 20 aromatic rings. The molecule has 0 saturated heterocycles. The highest BCUT2D eigenvalue weighted by molar-refractivity contribution is 6.14. The van der Waals surface area contributed by atoms with Gasteiger partial charge in [0, 0.05) is 140 Å². The summed E-state index contributed by atoms with van der Waals surface area (Å²) >= 11 is 0. The van der Waals surface area contributed by atoms with Crippen LogP contribution in [0.2, 0.25) is 0 Å². The third kappa shape index (κ3) is 15.9. The molecule has 8 nitrogen and oxygen atoms in total. The van der Waals surface area contributed by atoms with E-state index in [9.17, 15) is 0 Å². The summed E-state index contributed by atoms with van der Waals surface area (Å²) in [4.78, 5) is 9.00. The van der Waals surface area contributed by atoms with E-state index in [4.69, 9.17) is 0 Å². The molecule has 0 saturated carbocycles. The molecule has 0 radical (unpaired) electrons. The van der Waals surface area contributed by atoms with E-state index in [1.54, 1.807) is 0 Å². The lowest BCUT2D eigenvalue weighted by Gasteiger charge is -2.19. The van der Waals surface area contributed by atoms with Crippen LogP contribution in [0.25, 0.3) is 110 Å². The van der Waals surface area contributed by atoms with Gasteiger partial charge < -0.3 is 37.9 Å². The number of hydrogen-bond acceptors (Lipinski definition) is 4. The number of para-hydroxylation sites is 8. The molecule has 20 rings (SSSR count). The van der Waals surface area contributed by atoms with Crippen LogP contribution in [0.3, 0.4) is 0 Å². The molecule has 0 amide bonds. The van der Waals surface area contributed by atoms with Crippen LogP contribution in [-0.4, -0.2) is 46.5 Å². The Balaban J connectivity index is 0.000000114. The first-order valence-electron chi connectivity index (χ1n) is 42.4. The van der Waals surface area contributed by atoms with Gasteiger partial charge in [0.05, 0.1) is 44.1 Å². The summed E-state index contributed by atoms with van der Waals surface area (Å²) in [6, 6.07) is 140. The van der Waals surface area contributed by atoms with Crippen LogP contribution in [0.1, 0.15) is 76.1 Å². The summed E-state index contributed by atoms with van der Waals surface area (Å²) < 4.78 is 9.51. The summed E-state index contributed by atoms with van der Waals surface area (Å²) in [5.74, 6) is 1.14. The van der Waals surface area contributed by atoms with Crippen LogP contribution < -0.4 is 19.6 Å². The van der Waals surface area contributed by atoms with Gasteiger partial charge in [0.25, 0.3) is 0 Å². The van der Waals surface area contributed by atoms with Crippen molar-refractivity contribution in [1.82, 2.24) is 18.3 Å². The summed E-state index contributed by atoms with van der Waals surface area (Å²) in [5.41, 5.74) is 29.8. The van der Waals surface area contributed by atoms with Crippen LogP contribution >= 0.6 is 0 Å². The maximum Gasteiger partial charge on any atom is 0.0542 e. The molecule has 0 aliphatic heterocycles. The third-order valence-corrected chi connectivity index (χ3v) is 23.7. The van der Waals surface area contributed by atoms with Crippen LogP contribution in [-0.2, 0) is 19.3 Å². The summed E-state index contributed by atoms with van der Waals surface area (Å²) in [6.07, 6.45) is 4.40. The molecule has 0 atom stereocenters. The molecular formula is C112H104N8. The standard InChI is InChI=1S/C29H28N2.2C28H26N2.C27H24N2/c1-21(2)18-22-14-16-28-26(19-22)27-20-25(30(3)23-10-6-4-7-11-23)15-17-29(27)31(28)24-12-8-5-9-13-24;1-20(2)21-14-16-27-25(18-21)26-19-24(29(3)22-10-6-4-7-11-22)15-17-28(26)30(27)23-12-8-5-9-13-23;1-3-10-21-15-17-27-25(19-21)26-20-24(29(2)22-11-6-4-7-12-22)16-18-28(26)30(27)23-13-8-5-9-14-23;1-3-20-14-16-26-24(18-20)25-19-23(28(2)21-10-6-4-7-11-21)15-17-27(25)29(26)22-12-8-5-9-13-22/h4-17,19-21H,18H2,1-3H3;4-20H,1-3H3;4-9,11-20H,3,10H2,1-2H3;4-19H,3H2,1-2H3. The maximum atomic E-state index is 2.39. The lowest BCUT2D eigenvalue weighted by molar-refractivity contribution is 0.648. The minimum Gasteiger partial charge on any atom is -0.345 e. The Morgan fingerprint density at radius 1 is 0.225 bits per heavy atom. The normalized spacial score (nSPS) is 11.4. The van der Waals surface area contributed by atoms with Crippen molar-refractivity contribution in [3.05, 3.63) is 411 Å². The summed E-state index contributed by atoms with van der Waals surface area (Å²) in [6.45, 7) is 13.5. The van der Waals surface area contributed by atoms with Gasteiger partial charge in [-0.15, -0.1) is 0 Å². The Bertz CT molecular complexity index is 6910. The van der Waals surface area contributed by atoms with Gasteiger partial charge in [0.2, 0.25) is 0 Å². The molecule has 4 heterocycles. The fraction of sp³-hybridized carbons (Fsp3) is 0.143. The molecule has 120 heavy (non-hydrogen) atoms. The number of fused-ring (bicyclic) bond motifs is 12. The van der Waals surface area contributed by atoms with Gasteiger partial charge in [-0.25, -0.2) is 0 Å². The van der Waals surface area contributed by atoms with Gasteiger partial charge in [-0.2, -0.15) is 0 Å². The summed E-state index contributed by atoms with van der Waals surface area (Å²) in [5, 5.41) is 10.4. The van der Waals surface area contributed by atoms with Gasteiger partial charge in [0.15, 0.2) is 0 Å². The zero-order valence-electron chi connectivity index (χ0n) is 70.5. The van der Waals surface area contributed by atoms with Gasteiger partial charge in [-0.1, -0.05) is 218 Å². The van der Waals surface area contributed by atoms with Crippen molar-refractivity contribution in [2.45, 2.75) is 73.1 Å². The number of benzene rings is 16. The lowest BCUT2D eigenvalue weighted by atomic mass is 10.0. The second kappa shape index (κ2) is 35.0. The summed E-state index contributed by atoms with van der Waals surface area (Å²) in [7, 11) is 8.53. The van der Waals surface area contributed by atoms with Crippen molar-refractivity contribution in [2.24, 2.45) is 5.92 Å². The van der Waals surface area contributed by atoms with Gasteiger partial charge >= 0.3 is 0 Å². The first kappa shape index (κ1) is 78.4. The Kier molecular flexibility index (Phi) is 22.9. The van der Waals surface area contributed by atoms with E-state index in [0.29, 0.717) is 11.8 Å². The third-order valence-electron chi connectivity index (χ3n) is 23.7. The Morgan fingerprint density at radius 2 is 0.458 bits per heavy atom. The molecule has 592 valence electrons. The average Bonchev–Trinajstić information content (AvgIpc) is 1.61. The molecule has 0 bridgehead atoms. The number of rotatable bonds is 18. The van der Waals surface area contributed by atoms with Crippen LogP contribution in [0, 0.1) is 5.92 Å². The SMILES string of the molecule is CC(C)Cc1ccc2c(c1)c1cc(N(C)c3ccccc3)ccc1n2-c1ccccc1.CC(C)c1ccc2c(c1)c1cc(N(C)c3ccccc3)ccc1n2-c1ccccc1.CCCc1ccc2c(c1)c1cc(N(C)c3ccccc3)ccc1n2-c1ccccc1.CCc1ccc2c(c1)c1cc(N(C)c3ccccc3)ccc1n2-c1ccccc1. The second-order valence-electron chi connectivity index (χ2n) is 32.3. The minimum atomic E-state index is 0.500. The molecular weight excluding hydrogens is 1460 g/mol. The molecule has 4 aromatic heterocycles. The zero-order valence-corrected chi connectivity index (χ0v) is 70.5. The largest absolute Gasteiger partial charge is 0.345 e. The van der Waals surface area contributed by atoms with Crippen LogP contribution in [0.5, 0.6) is 0 Å². The zero-order chi connectivity index (χ0) is 82.3. The number of anilines is 8. The molecule has 0 fully saturated rings. The monoisotopic (exact) mass is 1560 g/mol. The van der Waals surface area contributed by atoms with E-state index in [1.165, 1.54) is 178 Å². The molecule has 0 N–H and O–H groups in total. The Hall–Kier alpha value is -14.1. The van der Waals surface area contributed by atoms with E-state index in [1.807, 2.05) is 0 Å². The topological polar surface area (TPSA) is 32.7 Å². The molecule has 8 heteroatoms. The molecule has 0 unspecified atom stereocenters. The van der Waals surface area contributed by atoms with Crippen molar-refractivity contribution in [3.63, 3.8) is 0 Å². The van der Waals surface area contributed by atoms with Crippen molar-refractivity contribution in [2.75, 3.05) is 47.8 Å². The van der Waals surface area contributed by atoms with Crippen LogP contribution in [0.15, 0.2) is 388 Å². The Morgan fingerprint density at radius 3 is 0.733 bits per heavy atom. The highest BCUT2D eigenvalue weighted by Crippen LogP contribution is 2.43. The quantitative estimate of drug-likeness (QED) is 0.0857. The van der Waals surface area contributed by atoms with Gasteiger partial charge in [0.1, 0.15) is 0 Å². The van der Waals surface area contributed by atoms with E-state index in [2.05, 4.69) is 496 Å². The molecule has 16 aromatic carbocycles. The van der Waals surface area contributed by atoms with Gasteiger partial charge in [-0.05, 0) is 272 Å². The fourth-order valence-electron chi connectivity index (χ4n) is 17.3. The minimum absolute atomic E-state index is 0.500. The average molecular weight is 1560 g/mol. The van der Waals surface area contributed by atoms with Crippen LogP contribution in [0.4, 0.5) is 45.5 Å². The van der Waals surface area contributed by atoms with Crippen molar-refractivity contribution in [3.8, 4) is 22.7 Å².